The third-order valence-electron chi connectivity index (χ3n) is 3.09. The molecule has 0 aliphatic heterocycles. The van der Waals surface area contributed by atoms with Crippen LogP contribution in [0.15, 0.2) is 42.5 Å². The predicted molar refractivity (Wildman–Crippen MR) is 86.1 cm³/mol. The lowest BCUT2D eigenvalue weighted by molar-refractivity contribution is 0.631. The lowest BCUT2D eigenvalue weighted by atomic mass is 10.0. The van der Waals surface area contributed by atoms with Gasteiger partial charge in [-0.2, -0.15) is 0 Å². The van der Waals surface area contributed by atoms with Gasteiger partial charge in [0.15, 0.2) is 0 Å². The van der Waals surface area contributed by atoms with Crippen LogP contribution in [0.4, 0.5) is 15.8 Å². The molecule has 0 atom stereocenters. The molecule has 20 heavy (non-hydrogen) atoms. The number of nitrogens with one attached hydrogen (secondary N) is 1. The molecule has 0 saturated heterocycles. The first-order valence-corrected chi connectivity index (χ1v) is 6.84. The highest BCUT2D eigenvalue weighted by atomic mass is 32.1. The first kappa shape index (κ1) is 14.5. The van der Waals surface area contributed by atoms with E-state index in [1.54, 1.807) is 12.1 Å². The summed E-state index contributed by atoms with van der Waals surface area (Å²) in [5.74, 6) is 0.0591. The third kappa shape index (κ3) is 3.33. The minimum absolute atomic E-state index is 0.192. The van der Waals surface area contributed by atoms with Crippen molar-refractivity contribution in [2.75, 3.05) is 5.32 Å². The van der Waals surface area contributed by atoms with Crippen LogP contribution in [0.1, 0.15) is 30.9 Å². The number of halogens is 1. The van der Waals surface area contributed by atoms with Gasteiger partial charge in [0.05, 0.1) is 5.69 Å². The van der Waals surface area contributed by atoms with Gasteiger partial charge < -0.3 is 11.1 Å². The van der Waals surface area contributed by atoms with Crippen LogP contribution < -0.4 is 11.1 Å². The molecule has 104 valence electrons. The molecule has 0 bridgehead atoms. The standard InChI is InChI=1S/C16H17FN2S/c1-10(2)11-4-3-5-13(8-11)19-15-7-6-12(16(18)20)9-14(15)17/h3-10,19H,1-2H3,(H2,18,20). The summed E-state index contributed by atoms with van der Waals surface area (Å²) in [6.07, 6.45) is 0. The summed E-state index contributed by atoms with van der Waals surface area (Å²) >= 11 is 4.83. The quantitative estimate of drug-likeness (QED) is 0.823. The van der Waals surface area contributed by atoms with Crippen LogP contribution in [0.3, 0.4) is 0 Å². The van der Waals surface area contributed by atoms with Crippen molar-refractivity contribution in [2.24, 2.45) is 5.73 Å². The maximum absolute atomic E-state index is 14.0. The highest BCUT2D eigenvalue weighted by Gasteiger charge is 2.06. The molecule has 0 aromatic heterocycles. The van der Waals surface area contributed by atoms with Crippen molar-refractivity contribution >= 4 is 28.6 Å². The van der Waals surface area contributed by atoms with Gasteiger partial charge in [0.1, 0.15) is 10.8 Å². The molecule has 0 heterocycles. The molecule has 0 aliphatic carbocycles. The first-order valence-electron chi connectivity index (χ1n) is 6.43. The molecule has 0 amide bonds. The van der Waals surface area contributed by atoms with E-state index >= 15 is 0 Å². The zero-order valence-corrected chi connectivity index (χ0v) is 12.3. The largest absolute Gasteiger partial charge is 0.389 e. The Kier molecular flexibility index (Phi) is 4.35. The smallest absolute Gasteiger partial charge is 0.147 e. The van der Waals surface area contributed by atoms with Crippen molar-refractivity contribution in [3.8, 4) is 0 Å². The number of rotatable bonds is 4. The van der Waals surface area contributed by atoms with Crippen molar-refractivity contribution in [2.45, 2.75) is 19.8 Å². The van der Waals surface area contributed by atoms with E-state index in [0.717, 1.165) is 5.69 Å². The average molecular weight is 288 g/mol. The molecular formula is C16H17FN2S. The molecule has 0 radical (unpaired) electrons. The molecule has 2 rings (SSSR count). The zero-order chi connectivity index (χ0) is 14.7. The zero-order valence-electron chi connectivity index (χ0n) is 11.5. The summed E-state index contributed by atoms with van der Waals surface area (Å²) in [6.45, 7) is 4.24. The van der Waals surface area contributed by atoms with Gasteiger partial charge in [-0.15, -0.1) is 0 Å². The number of hydrogen-bond donors (Lipinski definition) is 2. The second-order valence-electron chi connectivity index (χ2n) is 4.96. The number of hydrogen-bond acceptors (Lipinski definition) is 2. The van der Waals surface area contributed by atoms with Crippen molar-refractivity contribution < 1.29 is 4.39 Å². The Morgan fingerprint density at radius 3 is 2.55 bits per heavy atom. The van der Waals surface area contributed by atoms with Gasteiger partial charge in [-0.1, -0.05) is 38.2 Å². The summed E-state index contributed by atoms with van der Waals surface area (Å²) in [6, 6.07) is 12.6. The van der Waals surface area contributed by atoms with Crippen LogP contribution in [0.25, 0.3) is 0 Å². The highest BCUT2D eigenvalue weighted by Crippen LogP contribution is 2.24. The molecule has 2 aromatic rings. The topological polar surface area (TPSA) is 38.0 Å². The number of anilines is 2. The van der Waals surface area contributed by atoms with Crippen LogP contribution in [-0.2, 0) is 0 Å². The SMILES string of the molecule is CC(C)c1cccc(Nc2ccc(C(N)=S)cc2F)c1. The van der Waals surface area contributed by atoms with E-state index in [0.29, 0.717) is 17.2 Å². The molecule has 0 fully saturated rings. The molecule has 0 unspecified atom stereocenters. The highest BCUT2D eigenvalue weighted by molar-refractivity contribution is 7.80. The summed E-state index contributed by atoms with van der Waals surface area (Å²) in [7, 11) is 0. The Labute approximate surface area is 123 Å². The second-order valence-corrected chi connectivity index (χ2v) is 5.40. The van der Waals surface area contributed by atoms with E-state index in [-0.39, 0.29) is 10.8 Å². The summed E-state index contributed by atoms with van der Waals surface area (Å²) < 4.78 is 14.0. The number of thiocarbonyl (C=S) groups is 1. The normalized spacial score (nSPS) is 10.6. The van der Waals surface area contributed by atoms with Crippen molar-refractivity contribution in [1.82, 2.24) is 0 Å². The molecular weight excluding hydrogens is 271 g/mol. The fourth-order valence-electron chi connectivity index (χ4n) is 1.90. The lowest BCUT2D eigenvalue weighted by Crippen LogP contribution is -2.09. The average Bonchev–Trinajstić information content (AvgIpc) is 2.41. The van der Waals surface area contributed by atoms with Crippen LogP contribution >= 0.6 is 12.2 Å². The molecule has 3 N–H and O–H groups in total. The van der Waals surface area contributed by atoms with Gasteiger partial charge in [0.2, 0.25) is 0 Å². The predicted octanol–water partition coefficient (Wildman–Crippen LogP) is 4.33. The van der Waals surface area contributed by atoms with Crippen molar-refractivity contribution in [3.63, 3.8) is 0 Å². The first-order chi connectivity index (χ1) is 9.47. The van der Waals surface area contributed by atoms with E-state index in [1.165, 1.54) is 11.6 Å². The van der Waals surface area contributed by atoms with Gasteiger partial charge in [-0.25, -0.2) is 4.39 Å². The van der Waals surface area contributed by atoms with E-state index in [9.17, 15) is 4.39 Å². The maximum atomic E-state index is 14.0. The molecule has 2 aromatic carbocycles. The summed E-state index contributed by atoms with van der Waals surface area (Å²) in [4.78, 5) is 0.192. The minimum atomic E-state index is -0.370. The van der Waals surface area contributed by atoms with Crippen LogP contribution in [0, 0.1) is 5.82 Å². The van der Waals surface area contributed by atoms with Crippen LogP contribution in [0.5, 0.6) is 0 Å². The van der Waals surface area contributed by atoms with Crippen LogP contribution in [0.2, 0.25) is 0 Å². The summed E-state index contributed by atoms with van der Waals surface area (Å²) in [5, 5.41) is 3.07. The maximum Gasteiger partial charge on any atom is 0.147 e. The molecule has 0 saturated carbocycles. The minimum Gasteiger partial charge on any atom is -0.389 e. The van der Waals surface area contributed by atoms with E-state index in [2.05, 4.69) is 25.2 Å². The third-order valence-corrected chi connectivity index (χ3v) is 3.32. The monoisotopic (exact) mass is 288 g/mol. The van der Waals surface area contributed by atoms with Crippen LogP contribution in [-0.4, -0.2) is 4.99 Å². The Morgan fingerprint density at radius 1 is 1.20 bits per heavy atom. The van der Waals surface area contributed by atoms with E-state index in [4.69, 9.17) is 18.0 Å². The fraction of sp³-hybridized carbons (Fsp3) is 0.188. The number of benzene rings is 2. The van der Waals surface area contributed by atoms with E-state index in [1.807, 2.05) is 18.2 Å². The number of nitrogens with two attached hydrogens (primary N) is 1. The Balaban J connectivity index is 2.26. The summed E-state index contributed by atoms with van der Waals surface area (Å²) in [5.41, 5.74) is 8.48. The van der Waals surface area contributed by atoms with Gasteiger partial charge in [0, 0.05) is 11.3 Å². The second kappa shape index (κ2) is 6.01. The van der Waals surface area contributed by atoms with Gasteiger partial charge in [0.25, 0.3) is 0 Å². The van der Waals surface area contributed by atoms with Gasteiger partial charge >= 0.3 is 0 Å². The molecule has 4 heteroatoms. The molecule has 2 nitrogen and oxygen atoms in total. The molecule has 0 spiro atoms. The lowest BCUT2D eigenvalue weighted by Gasteiger charge is -2.11. The Morgan fingerprint density at radius 2 is 1.95 bits per heavy atom. The van der Waals surface area contributed by atoms with E-state index < -0.39 is 0 Å². The van der Waals surface area contributed by atoms with Crippen molar-refractivity contribution in [1.29, 1.82) is 0 Å². The Bertz CT molecular complexity index is 638. The molecule has 0 aliphatic rings. The fourth-order valence-corrected chi connectivity index (χ4v) is 2.03. The van der Waals surface area contributed by atoms with Gasteiger partial charge in [-0.05, 0) is 41.8 Å². The Hall–Kier alpha value is -1.94. The van der Waals surface area contributed by atoms with Gasteiger partial charge in [-0.3, -0.25) is 0 Å². The van der Waals surface area contributed by atoms with Crippen molar-refractivity contribution in [3.05, 3.63) is 59.4 Å².